The number of phenols is 1. The smallest absolute Gasteiger partial charge is 0.342 e. The molecule has 0 bridgehead atoms. The van der Waals surface area contributed by atoms with Crippen molar-refractivity contribution >= 4 is 23.5 Å². The zero-order valence-electron chi connectivity index (χ0n) is 16.6. The van der Waals surface area contributed by atoms with Crippen molar-refractivity contribution in [3.63, 3.8) is 0 Å². The van der Waals surface area contributed by atoms with Gasteiger partial charge in [0.15, 0.2) is 6.61 Å². The lowest BCUT2D eigenvalue weighted by atomic mass is 10.2. The van der Waals surface area contributed by atoms with Gasteiger partial charge in [0.2, 0.25) is 0 Å². The molecule has 0 saturated heterocycles. The molecule has 31 heavy (non-hydrogen) atoms. The van der Waals surface area contributed by atoms with Crippen LogP contribution in [0.15, 0.2) is 66.7 Å². The van der Waals surface area contributed by atoms with E-state index in [4.69, 9.17) is 25.8 Å². The number of ether oxygens (including phenoxy) is 3. The Hall–Kier alpha value is -3.71. The van der Waals surface area contributed by atoms with E-state index in [-0.39, 0.29) is 17.9 Å². The van der Waals surface area contributed by atoms with Crippen LogP contribution in [0, 0.1) is 0 Å². The maximum absolute atomic E-state index is 12.3. The predicted molar refractivity (Wildman–Crippen MR) is 115 cm³/mol. The number of methoxy groups -OCH3 is 1. The monoisotopic (exact) mass is 441 g/mol. The minimum Gasteiger partial charge on any atom is -0.507 e. The molecule has 0 saturated carbocycles. The first-order chi connectivity index (χ1) is 15.0. The molecule has 8 heteroatoms. The molecule has 3 rings (SSSR count). The van der Waals surface area contributed by atoms with Gasteiger partial charge in [-0.05, 0) is 48.5 Å². The molecular weight excluding hydrogens is 422 g/mol. The zero-order chi connectivity index (χ0) is 22.2. The van der Waals surface area contributed by atoms with Crippen LogP contribution >= 0.6 is 11.6 Å². The molecule has 160 valence electrons. The van der Waals surface area contributed by atoms with Crippen molar-refractivity contribution in [2.24, 2.45) is 0 Å². The number of aromatic hydroxyl groups is 1. The fraction of sp³-hybridized carbons (Fsp3) is 0.130. The zero-order valence-corrected chi connectivity index (χ0v) is 17.4. The maximum Gasteiger partial charge on any atom is 0.342 e. The number of carbonyl (C=O) groups is 2. The Kier molecular flexibility index (Phi) is 7.35. The Labute approximate surface area is 184 Å². The van der Waals surface area contributed by atoms with Crippen LogP contribution in [-0.4, -0.2) is 30.7 Å². The Morgan fingerprint density at radius 1 is 1.00 bits per heavy atom. The molecule has 3 aromatic rings. The SMILES string of the molecule is COc1ccc(Cl)cc1CNC(=O)COC(=O)c1cc(Oc2ccccc2)ccc1O. The number of para-hydroxylation sites is 1. The number of carbonyl (C=O) groups excluding carboxylic acids is 2. The molecule has 1 amide bonds. The number of amides is 1. The van der Waals surface area contributed by atoms with E-state index in [1.807, 2.05) is 18.2 Å². The topological polar surface area (TPSA) is 94.1 Å². The summed E-state index contributed by atoms with van der Waals surface area (Å²) in [6.07, 6.45) is 0. The van der Waals surface area contributed by atoms with Crippen molar-refractivity contribution in [2.75, 3.05) is 13.7 Å². The summed E-state index contributed by atoms with van der Waals surface area (Å²) in [5, 5.41) is 13.1. The Morgan fingerprint density at radius 2 is 1.77 bits per heavy atom. The second kappa shape index (κ2) is 10.4. The van der Waals surface area contributed by atoms with E-state index >= 15 is 0 Å². The molecule has 0 aliphatic rings. The summed E-state index contributed by atoms with van der Waals surface area (Å²) in [5.74, 6) is -0.175. The van der Waals surface area contributed by atoms with Crippen molar-refractivity contribution in [3.05, 3.63) is 82.9 Å². The van der Waals surface area contributed by atoms with Gasteiger partial charge in [0.25, 0.3) is 5.91 Å². The first-order valence-electron chi connectivity index (χ1n) is 9.28. The van der Waals surface area contributed by atoms with Gasteiger partial charge < -0.3 is 24.6 Å². The second-order valence-electron chi connectivity index (χ2n) is 6.40. The number of rotatable bonds is 8. The van der Waals surface area contributed by atoms with Gasteiger partial charge in [-0.2, -0.15) is 0 Å². The molecule has 0 unspecified atom stereocenters. The molecule has 0 aliphatic heterocycles. The number of phenolic OH excluding ortho intramolecular Hbond substituents is 1. The molecular formula is C23H20ClNO6. The summed E-state index contributed by atoms with van der Waals surface area (Å²) in [7, 11) is 1.51. The molecule has 0 aromatic heterocycles. The summed E-state index contributed by atoms with van der Waals surface area (Å²) >= 11 is 5.97. The van der Waals surface area contributed by atoms with Gasteiger partial charge in [0.1, 0.15) is 28.6 Å². The van der Waals surface area contributed by atoms with Crippen molar-refractivity contribution in [3.8, 4) is 23.0 Å². The molecule has 0 radical (unpaired) electrons. The first kappa shape index (κ1) is 22.0. The highest BCUT2D eigenvalue weighted by molar-refractivity contribution is 6.30. The van der Waals surface area contributed by atoms with E-state index in [1.54, 1.807) is 30.3 Å². The standard InChI is InChI=1S/C23H20ClNO6/c1-29-21-10-7-16(24)11-15(21)13-25-22(27)14-30-23(28)19-12-18(8-9-20(19)26)31-17-5-3-2-4-6-17/h2-12,26H,13-14H2,1H3,(H,25,27). The molecule has 3 aromatic carbocycles. The Bertz CT molecular complexity index is 1070. The van der Waals surface area contributed by atoms with Crippen molar-refractivity contribution in [1.29, 1.82) is 0 Å². The Morgan fingerprint density at radius 3 is 2.52 bits per heavy atom. The molecule has 0 atom stereocenters. The van der Waals surface area contributed by atoms with Crippen LogP contribution in [0.25, 0.3) is 0 Å². The van der Waals surface area contributed by atoms with Gasteiger partial charge in [0, 0.05) is 17.1 Å². The summed E-state index contributed by atoms with van der Waals surface area (Å²) in [4.78, 5) is 24.4. The highest BCUT2D eigenvalue weighted by Crippen LogP contribution is 2.27. The van der Waals surface area contributed by atoms with Crippen LogP contribution in [-0.2, 0) is 16.1 Å². The first-order valence-corrected chi connectivity index (χ1v) is 9.66. The minimum atomic E-state index is -0.855. The van der Waals surface area contributed by atoms with E-state index < -0.39 is 18.5 Å². The second-order valence-corrected chi connectivity index (χ2v) is 6.84. The van der Waals surface area contributed by atoms with E-state index in [0.29, 0.717) is 27.8 Å². The van der Waals surface area contributed by atoms with Crippen LogP contribution < -0.4 is 14.8 Å². The van der Waals surface area contributed by atoms with Crippen LogP contribution in [0.2, 0.25) is 5.02 Å². The number of esters is 1. The van der Waals surface area contributed by atoms with Crippen LogP contribution in [0.1, 0.15) is 15.9 Å². The van der Waals surface area contributed by atoms with Gasteiger partial charge in [-0.1, -0.05) is 29.8 Å². The number of halogens is 1. The number of hydrogen-bond acceptors (Lipinski definition) is 6. The minimum absolute atomic E-state index is 0.113. The average Bonchev–Trinajstić information content (AvgIpc) is 2.78. The molecule has 0 spiro atoms. The molecule has 7 nitrogen and oxygen atoms in total. The normalized spacial score (nSPS) is 10.3. The summed E-state index contributed by atoms with van der Waals surface area (Å²) < 4.78 is 15.9. The van der Waals surface area contributed by atoms with Crippen LogP contribution in [0.4, 0.5) is 0 Å². The third kappa shape index (κ3) is 6.13. The van der Waals surface area contributed by atoms with Crippen molar-refractivity contribution in [1.82, 2.24) is 5.32 Å². The van der Waals surface area contributed by atoms with Crippen LogP contribution in [0.3, 0.4) is 0 Å². The molecule has 0 heterocycles. The van der Waals surface area contributed by atoms with Crippen molar-refractivity contribution < 1.29 is 28.9 Å². The number of hydrogen-bond donors (Lipinski definition) is 2. The van der Waals surface area contributed by atoms with E-state index in [0.717, 1.165) is 0 Å². The third-order valence-electron chi connectivity index (χ3n) is 4.22. The number of nitrogens with one attached hydrogen (secondary N) is 1. The lowest BCUT2D eigenvalue weighted by Crippen LogP contribution is -2.28. The maximum atomic E-state index is 12.3. The number of benzene rings is 3. The van der Waals surface area contributed by atoms with Gasteiger partial charge in [-0.3, -0.25) is 4.79 Å². The van der Waals surface area contributed by atoms with Gasteiger partial charge in [0.05, 0.1) is 7.11 Å². The van der Waals surface area contributed by atoms with Crippen LogP contribution in [0.5, 0.6) is 23.0 Å². The quantitative estimate of drug-likeness (QED) is 0.505. The van der Waals surface area contributed by atoms with E-state index in [1.165, 1.54) is 25.3 Å². The summed E-state index contributed by atoms with van der Waals surface area (Å²) in [6, 6.07) is 18.2. The average molecular weight is 442 g/mol. The molecule has 2 N–H and O–H groups in total. The van der Waals surface area contributed by atoms with Gasteiger partial charge >= 0.3 is 5.97 Å². The fourth-order valence-electron chi connectivity index (χ4n) is 2.71. The predicted octanol–water partition coefficient (Wildman–Crippen LogP) is 4.32. The Balaban J connectivity index is 1.57. The largest absolute Gasteiger partial charge is 0.507 e. The van der Waals surface area contributed by atoms with E-state index in [2.05, 4.69) is 5.32 Å². The lowest BCUT2D eigenvalue weighted by molar-refractivity contribution is -0.124. The summed E-state index contributed by atoms with van der Waals surface area (Å²) in [6.45, 7) is -0.378. The van der Waals surface area contributed by atoms with Crippen molar-refractivity contribution in [2.45, 2.75) is 6.54 Å². The lowest BCUT2D eigenvalue weighted by Gasteiger charge is -2.11. The van der Waals surface area contributed by atoms with E-state index in [9.17, 15) is 14.7 Å². The highest BCUT2D eigenvalue weighted by Gasteiger charge is 2.16. The molecule has 0 fully saturated rings. The van der Waals surface area contributed by atoms with Gasteiger partial charge in [-0.25, -0.2) is 4.79 Å². The summed E-state index contributed by atoms with van der Waals surface area (Å²) in [5.41, 5.74) is 0.566. The fourth-order valence-corrected chi connectivity index (χ4v) is 2.90. The molecule has 0 aliphatic carbocycles. The third-order valence-corrected chi connectivity index (χ3v) is 4.45. The highest BCUT2D eigenvalue weighted by atomic mass is 35.5. The van der Waals surface area contributed by atoms with Gasteiger partial charge in [-0.15, -0.1) is 0 Å².